The summed E-state index contributed by atoms with van der Waals surface area (Å²) in [6, 6.07) is 9.48. The van der Waals surface area contributed by atoms with Gasteiger partial charge in [0.15, 0.2) is 0 Å². The predicted molar refractivity (Wildman–Crippen MR) is 107 cm³/mol. The average Bonchev–Trinajstić information content (AvgIpc) is 2.74. The van der Waals surface area contributed by atoms with Crippen LogP contribution in [-0.2, 0) is 14.9 Å². The molecule has 9 heteroatoms. The van der Waals surface area contributed by atoms with Crippen molar-refractivity contribution < 1.29 is 18.0 Å². The van der Waals surface area contributed by atoms with E-state index in [-0.39, 0.29) is 10.5 Å². The Morgan fingerprint density at radius 3 is 2.57 bits per heavy atom. The van der Waals surface area contributed by atoms with E-state index in [1.807, 2.05) is 6.07 Å². The molecule has 0 bridgehead atoms. The number of rotatable bonds is 6. The van der Waals surface area contributed by atoms with Crippen molar-refractivity contribution in [2.24, 2.45) is 0 Å². The summed E-state index contributed by atoms with van der Waals surface area (Å²) in [6.07, 6.45) is 5.19. The number of anilines is 2. The summed E-state index contributed by atoms with van der Waals surface area (Å²) in [5, 5.41) is 2.75. The van der Waals surface area contributed by atoms with Crippen LogP contribution in [0.3, 0.4) is 0 Å². The highest BCUT2D eigenvalue weighted by Gasteiger charge is 2.22. The maximum absolute atomic E-state index is 12.5. The molecule has 1 aliphatic heterocycles. The van der Waals surface area contributed by atoms with E-state index < -0.39 is 15.9 Å². The number of nitrogens with zero attached hydrogens (tertiary/aromatic N) is 3. The minimum atomic E-state index is -3.82. The van der Waals surface area contributed by atoms with E-state index in [0.29, 0.717) is 5.69 Å². The molecule has 0 radical (unpaired) electrons. The van der Waals surface area contributed by atoms with E-state index in [1.165, 1.54) is 38.8 Å². The van der Waals surface area contributed by atoms with Crippen molar-refractivity contribution in [3.05, 3.63) is 48.2 Å². The van der Waals surface area contributed by atoms with E-state index in [0.717, 1.165) is 36.2 Å². The van der Waals surface area contributed by atoms with Crippen LogP contribution in [0.1, 0.15) is 29.6 Å². The van der Waals surface area contributed by atoms with E-state index in [1.54, 1.807) is 18.3 Å². The summed E-state index contributed by atoms with van der Waals surface area (Å²) in [7, 11) is -1.27. The van der Waals surface area contributed by atoms with Gasteiger partial charge in [0.2, 0.25) is 0 Å². The van der Waals surface area contributed by atoms with E-state index in [4.69, 9.17) is 4.84 Å². The lowest BCUT2D eigenvalue weighted by atomic mass is 10.1. The van der Waals surface area contributed by atoms with Crippen molar-refractivity contribution >= 4 is 27.4 Å². The van der Waals surface area contributed by atoms with Crippen LogP contribution in [0.25, 0.3) is 0 Å². The van der Waals surface area contributed by atoms with Gasteiger partial charge in [0.25, 0.3) is 15.9 Å². The molecule has 1 aliphatic rings. The SMILES string of the molecule is CON(C)S(=O)(=O)c1cccc(C(=O)Nc2ccc(N3CCCCC3)nc2)c1. The molecule has 1 amide bonds. The molecular weight excluding hydrogens is 380 g/mol. The molecule has 1 aromatic heterocycles. The van der Waals surface area contributed by atoms with Crippen molar-refractivity contribution in [1.29, 1.82) is 0 Å². The van der Waals surface area contributed by atoms with Gasteiger partial charge in [-0.1, -0.05) is 10.5 Å². The Hall–Kier alpha value is -2.49. The maximum Gasteiger partial charge on any atom is 0.264 e. The third kappa shape index (κ3) is 4.49. The standard InChI is InChI=1S/C19H24N4O4S/c1-22(27-2)28(25,26)17-8-6-7-15(13-17)19(24)21-16-9-10-18(20-14-16)23-11-4-3-5-12-23/h6-10,13-14H,3-5,11-12H2,1-2H3,(H,21,24). The lowest BCUT2D eigenvalue weighted by Crippen LogP contribution is -2.30. The van der Waals surface area contributed by atoms with Gasteiger partial charge in [-0.2, -0.15) is 0 Å². The molecule has 3 rings (SSSR count). The molecule has 1 aromatic carbocycles. The Kier molecular flexibility index (Phi) is 6.28. The van der Waals surface area contributed by atoms with Gasteiger partial charge in [-0.05, 0) is 49.6 Å². The lowest BCUT2D eigenvalue weighted by molar-refractivity contribution is -0.0258. The van der Waals surface area contributed by atoms with Gasteiger partial charge < -0.3 is 10.2 Å². The highest BCUT2D eigenvalue weighted by Crippen LogP contribution is 2.20. The van der Waals surface area contributed by atoms with Crippen molar-refractivity contribution in [2.45, 2.75) is 24.2 Å². The lowest BCUT2D eigenvalue weighted by Gasteiger charge is -2.27. The quantitative estimate of drug-likeness (QED) is 0.744. The summed E-state index contributed by atoms with van der Waals surface area (Å²) < 4.78 is 25.4. The molecule has 0 saturated carbocycles. The topological polar surface area (TPSA) is 91.8 Å². The summed E-state index contributed by atoms with van der Waals surface area (Å²) in [4.78, 5) is 23.9. The first-order chi connectivity index (χ1) is 13.4. The van der Waals surface area contributed by atoms with Crippen LogP contribution >= 0.6 is 0 Å². The van der Waals surface area contributed by atoms with Crippen LogP contribution < -0.4 is 10.2 Å². The molecule has 0 spiro atoms. The molecule has 1 saturated heterocycles. The number of hydrogen-bond donors (Lipinski definition) is 1. The smallest absolute Gasteiger partial charge is 0.264 e. The third-order valence-corrected chi connectivity index (χ3v) is 6.35. The number of piperidine rings is 1. The summed E-state index contributed by atoms with van der Waals surface area (Å²) in [6.45, 7) is 1.99. The minimum Gasteiger partial charge on any atom is -0.357 e. The maximum atomic E-state index is 12.5. The molecule has 28 heavy (non-hydrogen) atoms. The fraction of sp³-hybridized carbons (Fsp3) is 0.368. The van der Waals surface area contributed by atoms with E-state index in [2.05, 4.69) is 15.2 Å². The van der Waals surface area contributed by atoms with Crippen molar-refractivity contribution in [1.82, 2.24) is 9.45 Å². The number of carbonyl (C=O) groups excluding carboxylic acids is 1. The first-order valence-corrected chi connectivity index (χ1v) is 10.5. The van der Waals surface area contributed by atoms with Crippen LogP contribution in [0.15, 0.2) is 47.5 Å². The third-order valence-electron chi connectivity index (χ3n) is 4.68. The first-order valence-electron chi connectivity index (χ1n) is 9.07. The molecule has 0 atom stereocenters. The van der Waals surface area contributed by atoms with Gasteiger partial charge in [-0.25, -0.2) is 13.4 Å². The normalized spacial score (nSPS) is 14.9. The number of pyridine rings is 1. The molecular formula is C19H24N4O4S. The molecule has 1 N–H and O–H groups in total. The highest BCUT2D eigenvalue weighted by molar-refractivity contribution is 7.89. The molecule has 0 aliphatic carbocycles. The monoisotopic (exact) mass is 404 g/mol. The molecule has 2 aromatic rings. The fourth-order valence-electron chi connectivity index (χ4n) is 3.02. The van der Waals surface area contributed by atoms with Crippen LogP contribution in [0.2, 0.25) is 0 Å². The molecule has 8 nitrogen and oxygen atoms in total. The second-order valence-corrected chi connectivity index (χ2v) is 8.47. The average molecular weight is 404 g/mol. The number of sulfonamides is 1. The minimum absolute atomic E-state index is 0.0249. The predicted octanol–water partition coefficient (Wildman–Crippen LogP) is 2.51. The zero-order valence-electron chi connectivity index (χ0n) is 16.0. The van der Waals surface area contributed by atoms with Gasteiger partial charge in [0.1, 0.15) is 5.82 Å². The number of aromatic nitrogens is 1. The number of benzene rings is 1. The number of nitrogens with one attached hydrogen (secondary N) is 1. The van der Waals surface area contributed by atoms with Gasteiger partial charge in [-0.15, -0.1) is 0 Å². The van der Waals surface area contributed by atoms with Crippen molar-refractivity contribution in [2.75, 3.05) is 37.5 Å². The Bertz CT molecular complexity index is 925. The molecule has 1 fully saturated rings. The van der Waals surface area contributed by atoms with E-state index in [9.17, 15) is 13.2 Å². The summed E-state index contributed by atoms with van der Waals surface area (Å²) in [5.41, 5.74) is 0.777. The van der Waals surface area contributed by atoms with E-state index >= 15 is 0 Å². The zero-order chi connectivity index (χ0) is 20.1. The number of hydroxylamine groups is 1. The second kappa shape index (κ2) is 8.68. The van der Waals surface area contributed by atoms with Crippen LogP contribution in [0.5, 0.6) is 0 Å². The Balaban J connectivity index is 1.72. The fourth-order valence-corrected chi connectivity index (χ4v) is 4.04. The highest BCUT2D eigenvalue weighted by atomic mass is 32.2. The molecule has 2 heterocycles. The van der Waals surface area contributed by atoms with Gasteiger partial charge in [-0.3, -0.25) is 9.63 Å². The van der Waals surface area contributed by atoms with Crippen molar-refractivity contribution in [3.8, 4) is 0 Å². The summed E-state index contributed by atoms with van der Waals surface area (Å²) in [5.74, 6) is 0.484. The summed E-state index contributed by atoms with van der Waals surface area (Å²) >= 11 is 0. The van der Waals surface area contributed by atoms with Crippen molar-refractivity contribution in [3.63, 3.8) is 0 Å². The van der Waals surface area contributed by atoms with Gasteiger partial charge >= 0.3 is 0 Å². The number of amides is 1. The Morgan fingerprint density at radius 2 is 1.93 bits per heavy atom. The van der Waals surface area contributed by atoms with Gasteiger partial charge in [0.05, 0.1) is 23.9 Å². The Labute approximate surface area is 165 Å². The molecule has 0 unspecified atom stereocenters. The second-order valence-electron chi connectivity index (χ2n) is 6.53. The Morgan fingerprint density at radius 1 is 1.18 bits per heavy atom. The zero-order valence-corrected chi connectivity index (χ0v) is 16.8. The number of hydrogen-bond acceptors (Lipinski definition) is 6. The van der Waals surface area contributed by atoms with Crippen LogP contribution in [0.4, 0.5) is 11.5 Å². The van der Waals surface area contributed by atoms with Gasteiger partial charge in [0, 0.05) is 25.7 Å². The molecule has 150 valence electrons. The largest absolute Gasteiger partial charge is 0.357 e. The van der Waals surface area contributed by atoms with Crippen LogP contribution in [0, 0.1) is 0 Å². The van der Waals surface area contributed by atoms with Crippen LogP contribution in [-0.4, -0.2) is 51.0 Å². The first kappa shape index (κ1) is 20.2. The number of carbonyl (C=O) groups is 1.